The van der Waals surface area contributed by atoms with Gasteiger partial charge in [-0.25, -0.2) is 0 Å². The largest absolute Gasteiger partial charge is 0.398 e. The Morgan fingerprint density at radius 3 is 2.63 bits per heavy atom. The van der Waals surface area contributed by atoms with Gasteiger partial charge in [0.2, 0.25) is 0 Å². The van der Waals surface area contributed by atoms with E-state index >= 15 is 0 Å². The quantitative estimate of drug-likeness (QED) is 0.465. The van der Waals surface area contributed by atoms with Crippen molar-refractivity contribution in [2.75, 3.05) is 11.1 Å². The molecule has 0 atom stereocenters. The molecule has 2 aromatic rings. The van der Waals surface area contributed by atoms with Crippen molar-refractivity contribution < 1.29 is 4.79 Å². The minimum Gasteiger partial charge on any atom is -0.398 e. The van der Waals surface area contributed by atoms with Crippen LogP contribution in [0.3, 0.4) is 0 Å². The molecular weight excluding hydrogens is 375 g/mol. The third kappa shape index (κ3) is 3.39. The Labute approximate surface area is 130 Å². The highest BCUT2D eigenvalue weighted by Crippen LogP contribution is 2.27. The van der Waals surface area contributed by atoms with E-state index in [2.05, 4.69) is 27.9 Å². The van der Waals surface area contributed by atoms with Crippen LogP contribution >= 0.6 is 34.2 Å². The number of ketones is 1. The Kier molecular flexibility index (Phi) is 4.31. The fourth-order valence-electron chi connectivity index (χ4n) is 1.69. The third-order valence-electron chi connectivity index (χ3n) is 2.64. The van der Waals surface area contributed by atoms with E-state index in [1.54, 1.807) is 12.1 Å². The smallest absolute Gasteiger partial charge is 0.161 e. The van der Waals surface area contributed by atoms with E-state index in [1.807, 2.05) is 24.3 Å². The van der Waals surface area contributed by atoms with Crippen molar-refractivity contribution in [3.63, 3.8) is 0 Å². The zero-order chi connectivity index (χ0) is 14.0. The van der Waals surface area contributed by atoms with Crippen LogP contribution in [0.2, 0.25) is 5.02 Å². The lowest BCUT2D eigenvalue weighted by atomic mass is 10.1. The van der Waals surface area contributed by atoms with Crippen LogP contribution in [0.1, 0.15) is 17.3 Å². The fourth-order valence-corrected chi connectivity index (χ4v) is 2.69. The van der Waals surface area contributed by atoms with E-state index in [0.717, 1.165) is 14.9 Å². The highest BCUT2D eigenvalue weighted by Gasteiger charge is 2.07. The van der Waals surface area contributed by atoms with Gasteiger partial charge in [0.15, 0.2) is 5.78 Å². The summed E-state index contributed by atoms with van der Waals surface area (Å²) in [7, 11) is 0. The Balaban J connectivity index is 2.33. The number of carbonyl (C=O) groups excluding carboxylic acids is 1. The number of hydrogen-bond acceptors (Lipinski definition) is 3. The minimum absolute atomic E-state index is 0.0491. The zero-order valence-electron chi connectivity index (χ0n) is 10.2. The summed E-state index contributed by atoms with van der Waals surface area (Å²) in [6.07, 6.45) is 0. The number of nitrogens with one attached hydrogen (secondary N) is 1. The third-order valence-corrected chi connectivity index (χ3v) is 3.77. The number of hydrogen-bond donors (Lipinski definition) is 2. The zero-order valence-corrected chi connectivity index (χ0v) is 13.1. The number of halogens is 2. The van der Waals surface area contributed by atoms with Crippen LogP contribution < -0.4 is 11.1 Å². The Morgan fingerprint density at radius 2 is 2.00 bits per heavy atom. The molecule has 0 radical (unpaired) electrons. The molecule has 0 saturated heterocycles. The summed E-state index contributed by atoms with van der Waals surface area (Å²) in [6, 6.07) is 10.9. The monoisotopic (exact) mass is 386 g/mol. The van der Waals surface area contributed by atoms with Crippen molar-refractivity contribution >= 4 is 57.0 Å². The van der Waals surface area contributed by atoms with E-state index in [9.17, 15) is 4.79 Å². The Bertz CT molecular complexity index is 643. The SMILES string of the molecule is CC(=O)c1cc(Nc2ccc(Cl)cc2I)ccc1N. The number of anilines is 3. The molecule has 0 unspecified atom stereocenters. The standard InChI is InChI=1S/C14H12ClIN2O/c1-8(19)11-7-10(3-4-13(11)17)18-14-5-2-9(15)6-12(14)16/h2-7,18H,17H2,1H3. The first-order valence-corrected chi connectivity index (χ1v) is 7.05. The first-order chi connectivity index (χ1) is 8.97. The number of nitrogens with two attached hydrogens (primary N) is 1. The molecule has 0 aliphatic carbocycles. The summed E-state index contributed by atoms with van der Waals surface area (Å²) in [4.78, 5) is 11.5. The van der Waals surface area contributed by atoms with Gasteiger partial charge in [-0.1, -0.05) is 11.6 Å². The molecule has 0 saturated carbocycles. The average molecular weight is 387 g/mol. The maximum atomic E-state index is 11.5. The number of rotatable bonds is 3. The second-order valence-electron chi connectivity index (χ2n) is 4.11. The fraction of sp³-hybridized carbons (Fsp3) is 0.0714. The summed E-state index contributed by atoms with van der Waals surface area (Å²) >= 11 is 8.12. The summed E-state index contributed by atoms with van der Waals surface area (Å²) < 4.78 is 1.01. The summed E-state index contributed by atoms with van der Waals surface area (Å²) in [6.45, 7) is 1.50. The van der Waals surface area contributed by atoms with Crippen molar-refractivity contribution in [2.24, 2.45) is 0 Å². The molecule has 0 bridgehead atoms. The van der Waals surface area contributed by atoms with Gasteiger partial charge in [-0.3, -0.25) is 4.79 Å². The molecule has 0 aliphatic heterocycles. The van der Waals surface area contributed by atoms with E-state index in [0.29, 0.717) is 16.3 Å². The molecule has 0 amide bonds. The molecule has 0 aliphatic rings. The van der Waals surface area contributed by atoms with Gasteiger partial charge in [0.1, 0.15) is 0 Å². The molecule has 2 aromatic carbocycles. The van der Waals surface area contributed by atoms with Gasteiger partial charge >= 0.3 is 0 Å². The molecule has 0 aromatic heterocycles. The van der Waals surface area contributed by atoms with Crippen LogP contribution in [-0.2, 0) is 0 Å². The predicted molar refractivity (Wildman–Crippen MR) is 88.3 cm³/mol. The number of Topliss-reactive ketones (excluding diaryl/α,β-unsaturated/α-hetero) is 1. The van der Waals surface area contributed by atoms with Crippen LogP contribution in [0.25, 0.3) is 0 Å². The maximum absolute atomic E-state index is 11.5. The van der Waals surface area contributed by atoms with Crippen molar-refractivity contribution in [3.05, 3.63) is 50.6 Å². The summed E-state index contributed by atoms with van der Waals surface area (Å²) in [5.41, 5.74) is 8.53. The molecule has 0 fully saturated rings. The van der Waals surface area contributed by atoms with Crippen LogP contribution in [0.15, 0.2) is 36.4 Å². The molecule has 0 spiro atoms. The lowest BCUT2D eigenvalue weighted by molar-refractivity contribution is 0.101. The molecular formula is C14H12ClIN2O. The average Bonchev–Trinajstić information content (AvgIpc) is 2.34. The topological polar surface area (TPSA) is 55.1 Å². The van der Waals surface area contributed by atoms with E-state index in [1.165, 1.54) is 6.92 Å². The lowest BCUT2D eigenvalue weighted by Crippen LogP contribution is -2.01. The first-order valence-electron chi connectivity index (χ1n) is 5.60. The number of nitrogen functional groups attached to an aromatic ring is 1. The predicted octanol–water partition coefficient (Wildman–Crippen LogP) is 4.47. The normalized spacial score (nSPS) is 10.3. The van der Waals surface area contributed by atoms with E-state index < -0.39 is 0 Å². The molecule has 19 heavy (non-hydrogen) atoms. The number of benzene rings is 2. The molecule has 98 valence electrons. The van der Waals surface area contributed by atoms with Crippen molar-refractivity contribution in [1.82, 2.24) is 0 Å². The molecule has 0 heterocycles. The number of carbonyl (C=O) groups is 1. The molecule has 3 N–H and O–H groups in total. The van der Waals surface area contributed by atoms with Gasteiger partial charge in [0.25, 0.3) is 0 Å². The Morgan fingerprint density at radius 1 is 1.26 bits per heavy atom. The van der Waals surface area contributed by atoms with Gasteiger partial charge in [-0.15, -0.1) is 0 Å². The van der Waals surface area contributed by atoms with Gasteiger partial charge in [-0.2, -0.15) is 0 Å². The molecule has 5 heteroatoms. The van der Waals surface area contributed by atoms with Crippen LogP contribution in [0.5, 0.6) is 0 Å². The van der Waals surface area contributed by atoms with E-state index in [4.69, 9.17) is 17.3 Å². The minimum atomic E-state index is -0.0491. The van der Waals surface area contributed by atoms with Crippen molar-refractivity contribution in [2.45, 2.75) is 6.92 Å². The van der Waals surface area contributed by atoms with Gasteiger partial charge in [-0.05, 0) is 65.9 Å². The van der Waals surface area contributed by atoms with Gasteiger partial charge in [0, 0.05) is 25.5 Å². The van der Waals surface area contributed by atoms with E-state index in [-0.39, 0.29) is 5.78 Å². The molecule has 2 rings (SSSR count). The highest BCUT2D eigenvalue weighted by molar-refractivity contribution is 14.1. The summed E-state index contributed by atoms with van der Waals surface area (Å²) in [5.74, 6) is -0.0491. The maximum Gasteiger partial charge on any atom is 0.161 e. The first kappa shape index (κ1) is 14.1. The van der Waals surface area contributed by atoms with Crippen LogP contribution in [0, 0.1) is 3.57 Å². The van der Waals surface area contributed by atoms with Crippen LogP contribution in [-0.4, -0.2) is 5.78 Å². The highest BCUT2D eigenvalue weighted by atomic mass is 127. The Hall–Kier alpha value is -1.27. The molecule has 3 nitrogen and oxygen atoms in total. The van der Waals surface area contributed by atoms with Crippen molar-refractivity contribution in [3.8, 4) is 0 Å². The second kappa shape index (κ2) is 5.79. The van der Waals surface area contributed by atoms with Gasteiger partial charge in [0.05, 0.1) is 5.69 Å². The lowest BCUT2D eigenvalue weighted by Gasteiger charge is -2.11. The van der Waals surface area contributed by atoms with Crippen molar-refractivity contribution in [1.29, 1.82) is 0 Å². The second-order valence-corrected chi connectivity index (χ2v) is 5.71. The van der Waals surface area contributed by atoms with Crippen LogP contribution in [0.4, 0.5) is 17.1 Å². The van der Waals surface area contributed by atoms with Gasteiger partial charge < -0.3 is 11.1 Å². The summed E-state index contributed by atoms with van der Waals surface area (Å²) in [5, 5.41) is 3.94.